The second-order valence-electron chi connectivity index (χ2n) is 6.83. The Bertz CT molecular complexity index is 844. The minimum absolute atomic E-state index is 0.153. The SMILES string of the molecule is CCN1CCN(CCCNC(=O)c2ccc(=O)n(-c3ccc(F)cc3)n2)CC1. The first-order valence-corrected chi connectivity index (χ1v) is 9.66. The highest BCUT2D eigenvalue weighted by atomic mass is 19.1. The van der Waals surface area contributed by atoms with E-state index < -0.39 is 5.82 Å². The summed E-state index contributed by atoms with van der Waals surface area (Å²) in [4.78, 5) is 29.2. The number of hydrogen-bond acceptors (Lipinski definition) is 5. The molecular weight excluding hydrogens is 361 g/mol. The van der Waals surface area contributed by atoms with Crippen LogP contribution in [0.3, 0.4) is 0 Å². The fraction of sp³-hybridized carbons (Fsp3) is 0.450. The largest absolute Gasteiger partial charge is 0.351 e. The molecule has 0 spiro atoms. The van der Waals surface area contributed by atoms with Gasteiger partial charge < -0.3 is 15.1 Å². The topological polar surface area (TPSA) is 70.5 Å². The van der Waals surface area contributed by atoms with Gasteiger partial charge >= 0.3 is 0 Å². The van der Waals surface area contributed by atoms with Gasteiger partial charge in [0.15, 0.2) is 0 Å². The van der Waals surface area contributed by atoms with Crippen molar-refractivity contribution in [3.8, 4) is 5.69 Å². The third-order valence-electron chi connectivity index (χ3n) is 4.95. The standard InChI is InChI=1S/C20H26FN5O2/c1-2-24-12-14-25(15-13-24)11-3-10-22-20(28)18-8-9-19(27)26(23-18)17-6-4-16(21)5-7-17/h4-9H,2-3,10-15H2,1H3,(H,22,28). The van der Waals surface area contributed by atoms with Gasteiger partial charge in [0.2, 0.25) is 0 Å². The molecular formula is C20H26FN5O2. The average molecular weight is 387 g/mol. The number of benzene rings is 1. The average Bonchev–Trinajstić information content (AvgIpc) is 2.72. The molecule has 150 valence electrons. The van der Waals surface area contributed by atoms with Gasteiger partial charge in [0.1, 0.15) is 11.5 Å². The number of halogens is 1. The van der Waals surface area contributed by atoms with Gasteiger partial charge in [0.05, 0.1) is 5.69 Å². The molecule has 3 rings (SSSR count). The van der Waals surface area contributed by atoms with E-state index >= 15 is 0 Å². The van der Waals surface area contributed by atoms with E-state index in [1.165, 1.54) is 36.4 Å². The van der Waals surface area contributed by atoms with Crippen LogP contribution < -0.4 is 10.9 Å². The summed E-state index contributed by atoms with van der Waals surface area (Å²) in [6.45, 7) is 9.08. The van der Waals surface area contributed by atoms with Gasteiger partial charge in [-0.1, -0.05) is 6.92 Å². The highest BCUT2D eigenvalue weighted by molar-refractivity contribution is 5.92. The highest BCUT2D eigenvalue weighted by Gasteiger charge is 2.15. The van der Waals surface area contributed by atoms with Gasteiger partial charge in [0, 0.05) is 38.8 Å². The molecule has 0 radical (unpaired) electrons. The van der Waals surface area contributed by atoms with E-state index in [9.17, 15) is 14.0 Å². The predicted octanol–water partition coefficient (Wildman–Crippen LogP) is 1.13. The number of nitrogens with one attached hydrogen (secondary N) is 1. The molecule has 1 aliphatic rings. The van der Waals surface area contributed by atoms with Crippen molar-refractivity contribution in [2.75, 3.05) is 45.8 Å². The van der Waals surface area contributed by atoms with Crippen LogP contribution in [0.5, 0.6) is 0 Å². The fourth-order valence-electron chi connectivity index (χ4n) is 3.22. The van der Waals surface area contributed by atoms with Gasteiger partial charge in [-0.3, -0.25) is 9.59 Å². The Balaban J connectivity index is 1.51. The molecule has 1 amide bonds. The fourth-order valence-corrected chi connectivity index (χ4v) is 3.22. The number of carbonyl (C=O) groups is 1. The van der Waals surface area contributed by atoms with Crippen molar-refractivity contribution >= 4 is 5.91 Å². The lowest BCUT2D eigenvalue weighted by molar-refractivity contribution is 0.0941. The van der Waals surface area contributed by atoms with E-state index in [4.69, 9.17) is 0 Å². The summed E-state index contributed by atoms with van der Waals surface area (Å²) in [5.74, 6) is -0.728. The summed E-state index contributed by atoms with van der Waals surface area (Å²) in [5.41, 5.74) is 0.183. The Labute approximate surface area is 163 Å². The summed E-state index contributed by atoms with van der Waals surface area (Å²) in [5, 5.41) is 6.96. The summed E-state index contributed by atoms with van der Waals surface area (Å²) >= 11 is 0. The van der Waals surface area contributed by atoms with Crippen molar-refractivity contribution in [1.29, 1.82) is 0 Å². The number of hydrogen-bond donors (Lipinski definition) is 1. The monoisotopic (exact) mass is 387 g/mol. The van der Waals surface area contributed by atoms with Crippen LogP contribution in [0.25, 0.3) is 5.69 Å². The van der Waals surface area contributed by atoms with Crippen LogP contribution in [0.4, 0.5) is 4.39 Å². The van der Waals surface area contributed by atoms with Crippen molar-refractivity contribution in [1.82, 2.24) is 24.9 Å². The lowest BCUT2D eigenvalue weighted by atomic mass is 10.3. The second kappa shape index (κ2) is 9.57. The molecule has 0 saturated carbocycles. The van der Waals surface area contributed by atoms with E-state index in [2.05, 4.69) is 27.1 Å². The number of rotatable bonds is 7. The second-order valence-corrected chi connectivity index (χ2v) is 6.83. The maximum Gasteiger partial charge on any atom is 0.271 e. The van der Waals surface area contributed by atoms with Gasteiger partial charge in [-0.15, -0.1) is 0 Å². The van der Waals surface area contributed by atoms with Crippen molar-refractivity contribution in [2.24, 2.45) is 0 Å². The summed E-state index contributed by atoms with van der Waals surface area (Å²) in [6, 6.07) is 8.08. The van der Waals surface area contributed by atoms with Crippen LogP contribution in [0.2, 0.25) is 0 Å². The Kier molecular flexibility index (Phi) is 6.89. The van der Waals surface area contributed by atoms with E-state index in [1.54, 1.807) is 0 Å². The molecule has 0 unspecified atom stereocenters. The molecule has 2 aromatic rings. The number of amides is 1. The summed E-state index contributed by atoms with van der Waals surface area (Å²) in [7, 11) is 0. The minimum Gasteiger partial charge on any atom is -0.351 e. The smallest absolute Gasteiger partial charge is 0.271 e. The van der Waals surface area contributed by atoms with Crippen LogP contribution in [0.1, 0.15) is 23.8 Å². The van der Waals surface area contributed by atoms with Crippen molar-refractivity contribution < 1.29 is 9.18 Å². The number of aromatic nitrogens is 2. The number of piperazine rings is 1. The van der Waals surface area contributed by atoms with Crippen LogP contribution >= 0.6 is 0 Å². The lowest BCUT2D eigenvalue weighted by Crippen LogP contribution is -2.46. The van der Waals surface area contributed by atoms with Gasteiger partial charge in [-0.25, -0.2) is 4.39 Å². The number of carbonyl (C=O) groups excluding carboxylic acids is 1. The predicted molar refractivity (Wildman–Crippen MR) is 105 cm³/mol. The molecule has 7 nitrogen and oxygen atoms in total. The van der Waals surface area contributed by atoms with E-state index in [-0.39, 0.29) is 17.2 Å². The Morgan fingerprint density at radius 2 is 1.75 bits per heavy atom. The summed E-state index contributed by atoms with van der Waals surface area (Å²) < 4.78 is 14.2. The van der Waals surface area contributed by atoms with Crippen LogP contribution in [-0.4, -0.2) is 71.3 Å². The van der Waals surface area contributed by atoms with Crippen LogP contribution in [0.15, 0.2) is 41.2 Å². The first kappa shape index (κ1) is 20.2. The Morgan fingerprint density at radius 3 is 2.43 bits per heavy atom. The molecule has 0 atom stereocenters. The summed E-state index contributed by atoms with van der Waals surface area (Å²) in [6.07, 6.45) is 0.857. The molecule has 0 aliphatic carbocycles. The quantitative estimate of drug-likeness (QED) is 0.722. The Hall–Kier alpha value is -2.58. The van der Waals surface area contributed by atoms with Crippen LogP contribution in [-0.2, 0) is 0 Å². The van der Waals surface area contributed by atoms with E-state index in [0.717, 1.165) is 50.4 Å². The first-order chi connectivity index (χ1) is 13.6. The van der Waals surface area contributed by atoms with Gasteiger partial charge in [-0.2, -0.15) is 9.78 Å². The molecule has 1 fully saturated rings. The molecule has 1 aliphatic heterocycles. The molecule has 0 bridgehead atoms. The van der Waals surface area contributed by atoms with Gasteiger partial charge in [0.25, 0.3) is 11.5 Å². The van der Waals surface area contributed by atoms with E-state index in [1.807, 2.05) is 0 Å². The molecule has 1 aromatic carbocycles. The lowest BCUT2D eigenvalue weighted by Gasteiger charge is -2.33. The first-order valence-electron chi connectivity index (χ1n) is 9.66. The van der Waals surface area contributed by atoms with Crippen molar-refractivity contribution in [3.05, 3.63) is 58.3 Å². The molecule has 28 heavy (non-hydrogen) atoms. The zero-order valence-corrected chi connectivity index (χ0v) is 16.1. The van der Waals surface area contributed by atoms with Crippen LogP contribution in [0, 0.1) is 5.82 Å². The molecule has 1 saturated heterocycles. The third-order valence-corrected chi connectivity index (χ3v) is 4.95. The van der Waals surface area contributed by atoms with Crippen molar-refractivity contribution in [3.63, 3.8) is 0 Å². The molecule has 1 N–H and O–H groups in total. The Morgan fingerprint density at radius 1 is 1.07 bits per heavy atom. The third kappa shape index (κ3) is 5.24. The number of likely N-dealkylation sites (N-methyl/N-ethyl adjacent to an activating group) is 1. The zero-order chi connectivity index (χ0) is 19.9. The highest BCUT2D eigenvalue weighted by Crippen LogP contribution is 2.06. The molecule has 8 heteroatoms. The molecule has 2 heterocycles. The van der Waals surface area contributed by atoms with E-state index in [0.29, 0.717) is 12.2 Å². The molecule has 1 aromatic heterocycles. The van der Waals surface area contributed by atoms with Crippen molar-refractivity contribution in [2.45, 2.75) is 13.3 Å². The maximum absolute atomic E-state index is 13.1. The normalized spacial score (nSPS) is 15.5. The zero-order valence-electron chi connectivity index (χ0n) is 16.1. The maximum atomic E-state index is 13.1. The number of nitrogens with zero attached hydrogens (tertiary/aromatic N) is 4. The minimum atomic E-state index is -0.401. The van der Waals surface area contributed by atoms with Gasteiger partial charge in [-0.05, 0) is 49.8 Å².